The molecule has 0 spiro atoms. The fourth-order valence-corrected chi connectivity index (χ4v) is 0.349. The van der Waals surface area contributed by atoms with Crippen molar-refractivity contribution in [2.75, 3.05) is 0 Å². The summed E-state index contributed by atoms with van der Waals surface area (Å²) >= 11 is 0. The summed E-state index contributed by atoms with van der Waals surface area (Å²) in [5.41, 5.74) is 0.176. The van der Waals surface area contributed by atoms with Crippen LogP contribution in [-0.4, -0.2) is 22.2 Å². The highest BCUT2D eigenvalue weighted by molar-refractivity contribution is 5.84. The van der Waals surface area contributed by atoms with Crippen molar-refractivity contribution in [2.24, 2.45) is 5.92 Å². The van der Waals surface area contributed by atoms with Gasteiger partial charge in [0.1, 0.15) is 0 Å². The maximum absolute atomic E-state index is 9.81. The van der Waals surface area contributed by atoms with Gasteiger partial charge in [-0.3, -0.25) is 4.79 Å². The minimum atomic E-state index is -0.935. The SMILES string of the molecule is C=C(C)C(=O)O.CC(C)CC(=O)O. The van der Waals surface area contributed by atoms with Crippen LogP contribution < -0.4 is 0 Å². The summed E-state index contributed by atoms with van der Waals surface area (Å²) in [6.45, 7) is 8.37. The van der Waals surface area contributed by atoms with Crippen LogP contribution in [0.5, 0.6) is 0 Å². The van der Waals surface area contributed by atoms with Crippen LogP contribution in [0.3, 0.4) is 0 Å². The Kier molecular flexibility index (Phi) is 8.02. The van der Waals surface area contributed by atoms with Crippen LogP contribution in [-0.2, 0) is 9.59 Å². The number of carbonyl (C=O) groups is 2. The molecule has 0 unspecified atom stereocenters. The molecule has 0 heterocycles. The lowest BCUT2D eigenvalue weighted by molar-refractivity contribution is -0.138. The van der Waals surface area contributed by atoms with Gasteiger partial charge in [-0.2, -0.15) is 0 Å². The third-order valence-corrected chi connectivity index (χ3v) is 0.948. The van der Waals surface area contributed by atoms with Gasteiger partial charge in [-0.15, -0.1) is 0 Å². The summed E-state index contributed by atoms with van der Waals surface area (Å²) in [7, 11) is 0. The molecule has 76 valence electrons. The van der Waals surface area contributed by atoms with Crippen LogP contribution in [0, 0.1) is 5.92 Å². The fraction of sp³-hybridized carbons (Fsp3) is 0.556. The van der Waals surface area contributed by atoms with Crippen molar-refractivity contribution >= 4 is 11.9 Å². The molecule has 4 nitrogen and oxygen atoms in total. The van der Waals surface area contributed by atoms with Crippen LogP contribution in [0.15, 0.2) is 12.2 Å². The molecule has 0 bridgehead atoms. The van der Waals surface area contributed by atoms with Gasteiger partial charge >= 0.3 is 11.9 Å². The molecule has 4 heteroatoms. The van der Waals surface area contributed by atoms with E-state index in [-0.39, 0.29) is 17.9 Å². The molecule has 0 aliphatic rings. The molecule has 0 aromatic heterocycles. The third kappa shape index (κ3) is 18.0. The summed E-state index contributed by atoms with van der Waals surface area (Å²) in [4.78, 5) is 19.4. The quantitative estimate of drug-likeness (QED) is 0.662. The second-order valence-electron chi connectivity index (χ2n) is 3.08. The van der Waals surface area contributed by atoms with Crippen LogP contribution in [0.4, 0.5) is 0 Å². The molecule has 13 heavy (non-hydrogen) atoms. The zero-order valence-electron chi connectivity index (χ0n) is 8.20. The first-order valence-electron chi connectivity index (χ1n) is 3.88. The van der Waals surface area contributed by atoms with E-state index in [4.69, 9.17) is 10.2 Å². The monoisotopic (exact) mass is 188 g/mol. The van der Waals surface area contributed by atoms with Crippen molar-refractivity contribution in [1.29, 1.82) is 0 Å². The Balaban J connectivity index is 0. The van der Waals surface area contributed by atoms with Crippen molar-refractivity contribution in [3.8, 4) is 0 Å². The lowest BCUT2D eigenvalue weighted by atomic mass is 10.1. The molecule has 0 saturated carbocycles. The summed E-state index contributed by atoms with van der Waals surface area (Å²) in [5.74, 6) is -1.37. The summed E-state index contributed by atoms with van der Waals surface area (Å²) in [6.07, 6.45) is 0.278. The van der Waals surface area contributed by atoms with Gasteiger partial charge in [0.2, 0.25) is 0 Å². The zero-order valence-corrected chi connectivity index (χ0v) is 8.20. The lowest BCUT2D eigenvalue weighted by Gasteiger charge is -1.94. The molecule has 0 aliphatic heterocycles. The summed E-state index contributed by atoms with van der Waals surface area (Å²) in [5, 5.41) is 16.0. The van der Waals surface area contributed by atoms with Crippen LogP contribution >= 0.6 is 0 Å². The van der Waals surface area contributed by atoms with Crippen LogP contribution in [0.1, 0.15) is 27.2 Å². The van der Waals surface area contributed by atoms with Gasteiger partial charge in [0, 0.05) is 12.0 Å². The fourth-order valence-electron chi connectivity index (χ4n) is 0.349. The topological polar surface area (TPSA) is 74.6 Å². The first kappa shape index (κ1) is 14.2. The molecule has 0 aliphatic carbocycles. The van der Waals surface area contributed by atoms with Crippen molar-refractivity contribution in [1.82, 2.24) is 0 Å². The number of rotatable bonds is 3. The molecule has 0 rings (SSSR count). The van der Waals surface area contributed by atoms with Gasteiger partial charge in [-0.05, 0) is 12.8 Å². The highest BCUT2D eigenvalue weighted by Crippen LogP contribution is 1.96. The van der Waals surface area contributed by atoms with Crippen molar-refractivity contribution in [3.05, 3.63) is 12.2 Å². The van der Waals surface area contributed by atoms with E-state index in [0.29, 0.717) is 0 Å². The summed E-state index contributed by atoms with van der Waals surface area (Å²) in [6, 6.07) is 0. The lowest BCUT2D eigenvalue weighted by Crippen LogP contribution is -1.99. The minimum Gasteiger partial charge on any atom is -0.481 e. The predicted molar refractivity (Wildman–Crippen MR) is 49.5 cm³/mol. The van der Waals surface area contributed by atoms with Crippen molar-refractivity contribution in [3.63, 3.8) is 0 Å². The van der Waals surface area contributed by atoms with Gasteiger partial charge in [-0.1, -0.05) is 20.4 Å². The average molecular weight is 188 g/mol. The number of carboxylic acids is 2. The van der Waals surface area contributed by atoms with E-state index in [1.807, 2.05) is 13.8 Å². The maximum Gasteiger partial charge on any atom is 0.330 e. The molecule has 0 amide bonds. The molecule has 0 atom stereocenters. The molecule has 0 aromatic rings. The molecule has 2 N–H and O–H groups in total. The third-order valence-electron chi connectivity index (χ3n) is 0.948. The van der Waals surface area contributed by atoms with Gasteiger partial charge in [0.25, 0.3) is 0 Å². The minimum absolute atomic E-state index is 0.176. The molecule has 0 fully saturated rings. The van der Waals surface area contributed by atoms with E-state index in [1.165, 1.54) is 6.92 Å². The van der Waals surface area contributed by atoms with Gasteiger partial charge < -0.3 is 10.2 Å². The smallest absolute Gasteiger partial charge is 0.330 e. The number of carboxylic acid groups (broad SMARTS) is 2. The molecular formula is C9H16O4. The Bertz CT molecular complexity index is 182. The molecular weight excluding hydrogens is 172 g/mol. The largest absolute Gasteiger partial charge is 0.481 e. The highest BCUT2D eigenvalue weighted by atomic mass is 16.4. The second kappa shape index (κ2) is 7.34. The second-order valence-corrected chi connectivity index (χ2v) is 3.08. The summed E-state index contributed by atoms with van der Waals surface area (Å²) < 4.78 is 0. The van der Waals surface area contributed by atoms with Crippen molar-refractivity contribution in [2.45, 2.75) is 27.2 Å². The van der Waals surface area contributed by atoms with Gasteiger partial charge in [0.15, 0.2) is 0 Å². The van der Waals surface area contributed by atoms with E-state index in [2.05, 4.69) is 6.58 Å². The standard InChI is InChI=1S/C5H10O2.C4H6O2/c1-4(2)3-5(6)7;1-3(2)4(5)6/h4H,3H2,1-2H3,(H,6,7);1H2,2H3,(H,5,6). The Labute approximate surface area is 77.9 Å². The Hall–Kier alpha value is -1.32. The first-order valence-corrected chi connectivity index (χ1v) is 3.88. The van der Waals surface area contributed by atoms with Gasteiger partial charge in [0.05, 0.1) is 0 Å². The Morgan fingerprint density at radius 2 is 1.62 bits per heavy atom. The highest BCUT2D eigenvalue weighted by Gasteiger charge is 1.98. The molecule has 0 aromatic carbocycles. The van der Waals surface area contributed by atoms with Gasteiger partial charge in [-0.25, -0.2) is 4.79 Å². The van der Waals surface area contributed by atoms with E-state index in [9.17, 15) is 9.59 Å². The first-order chi connectivity index (χ1) is 5.77. The maximum atomic E-state index is 9.81. The van der Waals surface area contributed by atoms with E-state index >= 15 is 0 Å². The van der Waals surface area contributed by atoms with E-state index in [0.717, 1.165) is 0 Å². The predicted octanol–water partition coefficient (Wildman–Crippen LogP) is 1.76. The Morgan fingerprint density at radius 1 is 1.31 bits per heavy atom. The van der Waals surface area contributed by atoms with E-state index < -0.39 is 11.9 Å². The number of hydrogen-bond donors (Lipinski definition) is 2. The normalized spacial score (nSPS) is 8.62. The number of hydrogen-bond acceptors (Lipinski definition) is 2. The van der Waals surface area contributed by atoms with Crippen molar-refractivity contribution < 1.29 is 19.8 Å². The van der Waals surface area contributed by atoms with E-state index in [1.54, 1.807) is 0 Å². The van der Waals surface area contributed by atoms with Crippen LogP contribution in [0.2, 0.25) is 0 Å². The molecule has 0 radical (unpaired) electrons. The Morgan fingerprint density at radius 3 is 1.62 bits per heavy atom. The zero-order chi connectivity index (χ0) is 11.0. The average Bonchev–Trinajstić information content (AvgIpc) is 1.84. The number of aliphatic carboxylic acids is 2. The van der Waals surface area contributed by atoms with Crippen LogP contribution in [0.25, 0.3) is 0 Å². The molecule has 0 saturated heterocycles.